The Balaban J connectivity index is 1.93. The number of carbonyl (C=O) groups is 2. The molecule has 162 valence electrons. The van der Waals surface area contributed by atoms with Crippen LogP contribution in [0.3, 0.4) is 0 Å². The zero-order valence-corrected chi connectivity index (χ0v) is 17.2. The largest absolute Gasteiger partial charge is 0.507 e. The Morgan fingerprint density at radius 3 is 2.32 bits per heavy atom. The van der Waals surface area contributed by atoms with Crippen molar-refractivity contribution in [1.82, 2.24) is 5.32 Å². The molecule has 3 aromatic carbocycles. The van der Waals surface area contributed by atoms with Gasteiger partial charge in [0.2, 0.25) is 0 Å². The molecule has 7 nitrogen and oxygen atoms in total. The van der Waals surface area contributed by atoms with Crippen LogP contribution in [0.15, 0.2) is 66.7 Å². The number of imide groups is 1. The number of carbonyl (C=O) groups excluding carboxylic acids is 2. The van der Waals surface area contributed by atoms with Crippen molar-refractivity contribution in [1.29, 1.82) is 0 Å². The number of aromatic hydroxyl groups is 1. The standard InChI is InChI=1S/C24H25NO6/c1-2-30-21(14-15-26)22(19-12-13-20(27)18-11-7-6-10-17(18)19)31-24(29)25-23(28)16-8-4-3-5-9-16/h3-13,21-22,26-27H,2,14-15H2,1H3,(H,25,28,29)/t21-,22-/m1/s1. The van der Waals surface area contributed by atoms with E-state index in [9.17, 15) is 19.8 Å². The molecule has 0 aliphatic heterocycles. The maximum Gasteiger partial charge on any atom is 0.414 e. The van der Waals surface area contributed by atoms with E-state index >= 15 is 0 Å². The predicted octanol–water partition coefficient (Wildman–Crippen LogP) is 3.94. The lowest BCUT2D eigenvalue weighted by atomic mass is 9.95. The molecular weight excluding hydrogens is 398 g/mol. The molecule has 0 unspecified atom stereocenters. The number of alkyl carbamates (subject to hydrolysis) is 1. The van der Waals surface area contributed by atoms with Gasteiger partial charge in [-0.15, -0.1) is 0 Å². The van der Waals surface area contributed by atoms with Gasteiger partial charge in [-0.3, -0.25) is 10.1 Å². The van der Waals surface area contributed by atoms with E-state index in [1.807, 2.05) is 6.07 Å². The average Bonchev–Trinajstić information content (AvgIpc) is 2.79. The third-order valence-corrected chi connectivity index (χ3v) is 4.86. The predicted molar refractivity (Wildman–Crippen MR) is 116 cm³/mol. The van der Waals surface area contributed by atoms with Gasteiger partial charge in [-0.25, -0.2) is 4.79 Å². The van der Waals surface area contributed by atoms with E-state index in [1.165, 1.54) is 6.07 Å². The van der Waals surface area contributed by atoms with Crippen molar-refractivity contribution in [3.63, 3.8) is 0 Å². The Kier molecular flexibility index (Phi) is 7.59. The third kappa shape index (κ3) is 5.39. The molecule has 3 N–H and O–H groups in total. The van der Waals surface area contributed by atoms with Crippen LogP contribution in [0.1, 0.15) is 35.4 Å². The van der Waals surface area contributed by atoms with Crippen molar-refractivity contribution in [3.05, 3.63) is 77.9 Å². The van der Waals surface area contributed by atoms with Gasteiger partial charge in [0.05, 0.1) is 0 Å². The van der Waals surface area contributed by atoms with Crippen molar-refractivity contribution >= 4 is 22.8 Å². The molecule has 0 bridgehead atoms. The number of fused-ring (bicyclic) bond motifs is 1. The molecule has 0 aliphatic rings. The summed E-state index contributed by atoms with van der Waals surface area (Å²) in [5, 5.41) is 23.2. The molecule has 7 heteroatoms. The van der Waals surface area contributed by atoms with E-state index < -0.39 is 24.2 Å². The molecule has 0 aliphatic carbocycles. The van der Waals surface area contributed by atoms with Gasteiger partial charge >= 0.3 is 6.09 Å². The zero-order valence-electron chi connectivity index (χ0n) is 17.2. The molecule has 0 saturated heterocycles. The molecule has 0 radical (unpaired) electrons. The fourth-order valence-electron chi connectivity index (χ4n) is 3.46. The molecule has 0 fully saturated rings. The van der Waals surface area contributed by atoms with Gasteiger partial charge in [-0.2, -0.15) is 0 Å². The Morgan fingerprint density at radius 1 is 0.968 bits per heavy atom. The summed E-state index contributed by atoms with van der Waals surface area (Å²) < 4.78 is 11.4. The van der Waals surface area contributed by atoms with Crippen molar-refractivity contribution in [2.75, 3.05) is 13.2 Å². The van der Waals surface area contributed by atoms with Crippen LogP contribution in [0.2, 0.25) is 0 Å². The highest BCUT2D eigenvalue weighted by Gasteiger charge is 2.30. The number of ether oxygens (including phenoxy) is 2. The summed E-state index contributed by atoms with van der Waals surface area (Å²) in [5.74, 6) is -0.494. The maximum atomic E-state index is 12.6. The summed E-state index contributed by atoms with van der Waals surface area (Å²) in [6.07, 6.45) is -2.28. The summed E-state index contributed by atoms with van der Waals surface area (Å²) in [7, 11) is 0. The van der Waals surface area contributed by atoms with Crippen LogP contribution in [-0.4, -0.2) is 41.5 Å². The lowest BCUT2D eigenvalue weighted by molar-refractivity contribution is -0.0504. The molecular formula is C24H25NO6. The third-order valence-electron chi connectivity index (χ3n) is 4.86. The van der Waals surface area contributed by atoms with Crippen LogP contribution in [0.4, 0.5) is 4.79 Å². The van der Waals surface area contributed by atoms with Crippen molar-refractivity contribution in [2.24, 2.45) is 0 Å². The second-order valence-corrected chi connectivity index (χ2v) is 6.87. The topological polar surface area (TPSA) is 105 Å². The number of benzene rings is 3. The van der Waals surface area contributed by atoms with E-state index in [0.717, 1.165) is 0 Å². The van der Waals surface area contributed by atoms with Gasteiger partial charge < -0.3 is 19.7 Å². The normalized spacial score (nSPS) is 12.8. The van der Waals surface area contributed by atoms with Gasteiger partial charge in [-0.1, -0.05) is 48.5 Å². The Bertz CT molecular complexity index is 1030. The number of hydrogen-bond acceptors (Lipinski definition) is 6. The van der Waals surface area contributed by atoms with Gasteiger partial charge in [0.25, 0.3) is 5.91 Å². The molecule has 0 aromatic heterocycles. The van der Waals surface area contributed by atoms with Crippen LogP contribution < -0.4 is 5.32 Å². The van der Waals surface area contributed by atoms with Crippen LogP contribution >= 0.6 is 0 Å². The number of aliphatic hydroxyl groups excluding tert-OH is 1. The van der Waals surface area contributed by atoms with Crippen LogP contribution in [0.5, 0.6) is 5.75 Å². The summed E-state index contributed by atoms with van der Waals surface area (Å²) >= 11 is 0. The van der Waals surface area contributed by atoms with Gasteiger partial charge in [-0.05, 0) is 30.5 Å². The molecule has 0 saturated carbocycles. The second-order valence-electron chi connectivity index (χ2n) is 6.87. The molecule has 2 atom stereocenters. The van der Waals surface area contributed by atoms with Gasteiger partial charge in [0, 0.05) is 36.1 Å². The van der Waals surface area contributed by atoms with Crippen molar-refractivity contribution in [3.8, 4) is 5.75 Å². The summed E-state index contributed by atoms with van der Waals surface area (Å²) in [6, 6.07) is 18.6. The summed E-state index contributed by atoms with van der Waals surface area (Å²) in [6.45, 7) is 1.96. The SMILES string of the molecule is CCO[C@H](CCO)[C@H](OC(=O)NC(=O)c1ccccc1)c1ccc(O)c2ccccc12. The van der Waals surface area contributed by atoms with Crippen LogP contribution in [0, 0.1) is 0 Å². The number of rotatable bonds is 8. The lowest BCUT2D eigenvalue weighted by Gasteiger charge is -2.28. The molecule has 3 rings (SSSR count). The van der Waals surface area contributed by atoms with E-state index in [4.69, 9.17) is 9.47 Å². The van der Waals surface area contributed by atoms with Crippen LogP contribution in [0.25, 0.3) is 10.8 Å². The van der Waals surface area contributed by atoms with Crippen LogP contribution in [-0.2, 0) is 9.47 Å². The molecule has 3 aromatic rings. The number of hydrogen-bond donors (Lipinski definition) is 3. The number of phenolic OH excluding ortho intramolecular Hbond substituents is 1. The monoisotopic (exact) mass is 423 g/mol. The second kappa shape index (κ2) is 10.6. The Labute approximate surface area is 180 Å². The summed E-state index contributed by atoms with van der Waals surface area (Å²) in [5.41, 5.74) is 0.922. The number of phenols is 1. The first-order valence-corrected chi connectivity index (χ1v) is 10.0. The lowest BCUT2D eigenvalue weighted by Crippen LogP contribution is -2.35. The minimum Gasteiger partial charge on any atom is -0.507 e. The summed E-state index contributed by atoms with van der Waals surface area (Å²) in [4.78, 5) is 24.9. The number of nitrogens with one attached hydrogen (secondary N) is 1. The van der Waals surface area contributed by atoms with E-state index in [2.05, 4.69) is 5.32 Å². The van der Waals surface area contributed by atoms with E-state index in [-0.39, 0.29) is 18.8 Å². The number of aliphatic hydroxyl groups is 1. The van der Waals surface area contributed by atoms with Gasteiger partial charge in [0.15, 0.2) is 6.10 Å². The van der Waals surface area contributed by atoms with Crippen molar-refractivity contribution < 1.29 is 29.3 Å². The molecule has 31 heavy (non-hydrogen) atoms. The highest BCUT2D eigenvalue weighted by Crippen LogP contribution is 2.35. The zero-order chi connectivity index (χ0) is 22.2. The first-order valence-electron chi connectivity index (χ1n) is 10.0. The Morgan fingerprint density at radius 2 is 1.65 bits per heavy atom. The highest BCUT2D eigenvalue weighted by molar-refractivity contribution is 6.03. The maximum absolute atomic E-state index is 12.6. The number of amides is 2. The van der Waals surface area contributed by atoms with Gasteiger partial charge in [0.1, 0.15) is 11.9 Å². The average molecular weight is 423 g/mol. The molecule has 2 amide bonds. The quantitative estimate of drug-likeness (QED) is 0.507. The van der Waals surface area contributed by atoms with Crippen molar-refractivity contribution in [2.45, 2.75) is 25.6 Å². The first-order chi connectivity index (χ1) is 15.0. The molecule has 0 spiro atoms. The Hall–Kier alpha value is -3.42. The minimum atomic E-state index is -0.932. The fraction of sp³-hybridized carbons (Fsp3) is 0.250. The van der Waals surface area contributed by atoms with E-state index in [1.54, 1.807) is 61.5 Å². The minimum absolute atomic E-state index is 0.0944. The smallest absolute Gasteiger partial charge is 0.414 e. The molecule has 0 heterocycles. The fourth-order valence-corrected chi connectivity index (χ4v) is 3.46. The van der Waals surface area contributed by atoms with E-state index in [0.29, 0.717) is 28.5 Å². The highest BCUT2D eigenvalue weighted by atomic mass is 16.6. The first kappa shape index (κ1) is 22.3.